The standard InChI is InChI=1S/C15H11N3O4S/c19-14-9-12(23-13-3-1-2-8-16-13)15(20)17(14)10-4-6-11(7-5-10)18(21)22/h1-8,12H,9H2/t12-/m1/s1. The van der Waals surface area contributed by atoms with Crippen LogP contribution in [0.25, 0.3) is 0 Å². The molecule has 1 fully saturated rings. The van der Waals surface area contributed by atoms with Gasteiger partial charge in [0.05, 0.1) is 20.9 Å². The van der Waals surface area contributed by atoms with Gasteiger partial charge in [-0.3, -0.25) is 19.7 Å². The van der Waals surface area contributed by atoms with Crippen LogP contribution in [0.15, 0.2) is 53.7 Å². The maximum absolute atomic E-state index is 12.5. The molecular formula is C15H11N3O4S. The van der Waals surface area contributed by atoms with E-state index >= 15 is 0 Å². The number of hydrogen-bond donors (Lipinski definition) is 0. The number of aromatic nitrogens is 1. The van der Waals surface area contributed by atoms with Crippen molar-refractivity contribution >= 4 is 35.0 Å². The number of hydrogen-bond acceptors (Lipinski definition) is 6. The maximum atomic E-state index is 12.5. The fraction of sp³-hybridized carbons (Fsp3) is 0.133. The molecule has 1 atom stereocenters. The van der Waals surface area contributed by atoms with Crippen molar-refractivity contribution in [2.24, 2.45) is 0 Å². The Morgan fingerprint density at radius 3 is 2.52 bits per heavy atom. The number of nitrogens with zero attached hydrogens (tertiary/aromatic N) is 3. The number of amides is 2. The first kappa shape index (κ1) is 15.2. The van der Waals surface area contributed by atoms with E-state index in [0.717, 1.165) is 4.90 Å². The molecule has 1 saturated heterocycles. The van der Waals surface area contributed by atoms with E-state index in [1.54, 1.807) is 18.3 Å². The van der Waals surface area contributed by atoms with Crippen LogP contribution >= 0.6 is 11.8 Å². The Bertz CT molecular complexity index is 764. The highest BCUT2D eigenvalue weighted by Crippen LogP contribution is 2.33. The van der Waals surface area contributed by atoms with Gasteiger partial charge >= 0.3 is 0 Å². The Labute approximate surface area is 135 Å². The van der Waals surface area contributed by atoms with E-state index in [4.69, 9.17) is 0 Å². The summed E-state index contributed by atoms with van der Waals surface area (Å²) in [6, 6.07) is 10.7. The van der Waals surface area contributed by atoms with Crippen LogP contribution in [0.3, 0.4) is 0 Å². The van der Waals surface area contributed by atoms with Gasteiger partial charge in [0.25, 0.3) is 5.69 Å². The van der Waals surface area contributed by atoms with Gasteiger partial charge in [-0.05, 0) is 24.3 Å². The molecule has 1 aliphatic heterocycles. The van der Waals surface area contributed by atoms with Crippen molar-refractivity contribution in [2.75, 3.05) is 4.90 Å². The number of rotatable bonds is 4. The molecule has 8 heteroatoms. The summed E-state index contributed by atoms with van der Waals surface area (Å²) in [5.41, 5.74) is 0.252. The van der Waals surface area contributed by atoms with E-state index in [0.29, 0.717) is 10.7 Å². The second-order valence-electron chi connectivity index (χ2n) is 4.82. The Morgan fingerprint density at radius 2 is 1.91 bits per heavy atom. The number of nitro groups is 1. The van der Waals surface area contributed by atoms with Crippen LogP contribution in [0.5, 0.6) is 0 Å². The van der Waals surface area contributed by atoms with Crippen molar-refractivity contribution in [3.63, 3.8) is 0 Å². The van der Waals surface area contributed by atoms with Crippen LogP contribution in [0.2, 0.25) is 0 Å². The Morgan fingerprint density at radius 1 is 1.17 bits per heavy atom. The molecule has 0 bridgehead atoms. The highest BCUT2D eigenvalue weighted by Gasteiger charge is 2.40. The van der Waals surface area contributed by atoms with Crippen molar-refractivity contribution in [3.8, 4) is 0 Å². The smallest absolute Gasteiger partial charge is 0.269 e. The summed E-state index contributed by atoms with van der Waals surface area (Å²) in [5.74, 6) is -0.656. The molecule has 3 rings (SSSR count). The topological polar surface area (TPSA) is 93.4 Å². The minimum atomic E-state index is -0.535. The van der Waals surface area contributed by atoms with E-state index in [9.17, 15) is 19.7 Å². The summed E-state index contributed by atoms with van der Waals surface area (Å²) in [4.78, 5) is 39.9. The quantitative estimate of drug-likeness (QED) is 0.486. The third-order valence-corrected chi connectivity index (χ3v) is 4.46. The molecule has 0 spiro atoms. The molecule has 2 aromatic rings. The zero-order chi connectivity index (χ0) is 16.4. The van der Waals surface area contributed by atoms with Crippen molar-refractivity contribution < 1.29 is 14.5 Å². The zero-order valence-corrected chi connectivity index (χ0v) is 12.6. The third kappa shape index (κ3) is 3.07. The lowest BCUT2D eigenvalue weighted by Crippen LogP contribution is -2.31. The van der Waals surface area contributed by atoms with E-state index in [2.05, 4.69) is 4.98 Å². The zero-order valence-electron chi connectivity index (χ0n) is 11.8. The lowest BCUT2D eigenvalue weighted by atomic mass is 10.2. The number of anilines is 1. The van der Waals surface area contributed by atoms with E-state index in [-0.39, 0.29) is 23.9 Å². The summed E-state index contributed by atoms with van der Waals surface area (Å²) < 4.78 is 0. The van der Waals surface area contributed by atoms with E-state index < -0.39 is 10.2 Å². The van der Waals surface area contributed by atoms with E-state index in [1.807, 2.05) is 6.07 Å². The predicted octanol–water partition coefficient (Wildman–Crippen LogP) is 2.41. The number of carbonyl (C=O) groups is 2. The first-order valence-electron chi connectivity index (χ1n) is 6.75. The molecule has 0 radical (unpaired) electrons. The molecule has 0 N–H and O–H groups in total. The largest absolute Gasteiger partial charge is 0.274 e. The summed E-state index contributed by atoms with van der Waals surface area (Å²) in [5, 5.41) is 10.8. The van der Waals surface area contributed by atoms with Crippen LogP contribution in [-0.4, -0.2) is 27.0 Å². The average molecular weight is 329 g/mol. The van der Waals surface area contributed by atoms with Gasteiger partial charge in [-0.15, -0.1) is 0 Å². The first-order valence-corrected chi connectivity index (χ1v) is 7.63. The first-order chi connectivity index (χ1) is 11.1. The van der Waals surface area contributed by atoms with Crippen LogP contribution in [0.1, 0.15) is 6.42 Å². The molecule has 0 unspecified atom stereocenters. The fourth-order valence-corrected chi connectivity index (χ4v) is 3.26. The van der Waals surface area contributed by atoms with Crippen molar-refractivity contribution in [1.29, 1.82) is 0 Å². The lowest BCUT2D eigenvalue weighted by molar-refractivity contribution is -0.384. The van der Waals surface area contributed by atoms with Crippen molar-refractivity contribution in [2.45, 2.75) is 16.7 Å². The number of non-ortho nitro benzene ring substituents is 1. The number of carbonyl (C=O) groups excluding carboxylic acids is 2. The molecule has 2 heterocycles. The summed E-state index contributed by atoms with van der Waals surface area (Å²) in [7, 11) is 0. The molecular weight excluding hydrogens is 318 g/mol. The highest BCUT2D eigenvalue weighted by atomic mass is 32.2. The predicted molar refractivity (Wildman–Crippen MR) is 84.1 cm³/mol. The molecule has 7 nitrogen and oxygen atoms in total. The summed E-state index contributed by atoms with van der Waals surface area (Å²) >= 11 is 1.24. The van der Waals surface area contributed by atoms with Gasteiger partial charge in [-0.2, -0.15) is 0 Å². The van der Waals surface area contributed by atoms with Gasteiger partial charge < -0.3 is 0 Å². The average Bonchev–Trinajstić information content (AvgIpc) is 2.82. The van der Waals surface area contributed by atoms with Crippen molar-refractivity contribution in [3.05, 3.63) is 58.8 Å². The number of pyridine rings is 1. The minimum absolute atomic E-state index is 0.0804. The molecule has 23 heavy (non-hydrogen) atoms. The number of nitro benzene ring substituents is 1. The minimum Gasteiger partial charge on any atom is -0.274 e. The Balaban J connectivity index is 1.79. The Hall–Kier alpha value is -2.74. The molecule has 1 aromatic carbocycles. The van der Waals surface area contributed by atoms with Gasteiger partial charge in [0.2, 0.25) is 11.8 Å². The Kier molecular flexibility index (Phi) is 4.07. The normalized spacial score (nSPS) is 17.6. The molecule has 2 amide bonds. The van der Waals surface area contributed by atoms with Crippen molar-refractivity contribution in [1.82, 2.24) is 4.98 Å². The SMILES string of the molecule is O=C1C[C@@H](Sc2ccccn2)C(=O)N1c1ccc([N+](=O)[O-])cc1. The number of benzene rings is 1. The molecule has 1 aromatic heterocycles. The monoisotopic (exact) mass is 329 g/mol. The number of thioether (sulfide) groups is 1. The maximum Gasteiger partial charge on any atom is 0.269 e. The highest BCUT2D eigenvalue weighted by molar-refractivity contribution is 8.00. The van der Waals surface area contributed by atoms with Gasteiger partial charge in [0, 0.05) is 24.8 Å². The van der Waals surface area contributed by atoms with Gasteiger partial charge in [0.1, 0.15) is 0 Å². The van der Waals surface area contributed by atoms with Crippen LogP contribution < -0.4 is 4.90 Å². The van der Waals surface area contributed by atoms with Crippen LogP contribution in [0, 0.1) is 10.1 Å². The summed E-state index contributed by atoms with van der Waals surface area (Å²) in [6.45, 7) is 0. The lowest BCUT2D eigenvalue weighted by Gasteiger charge is -2.14. The molecule has 0 aliphatic carbocycles. The molecule has 0 saturated carbocycles. The van der Waals surface area contributed by atoms with Crippen LogP contribution in [0.4, 0.5) is 11.4 Å². The molecule has 116 valence electrons. The van der Waals surface area contributed by atoms with Gasteiger partial charge in [-0.1, -0.05) is 17.8 Å². The van der Waals surface area contributed by atoms with Crippen LogP contribution in [-0.2, 0) is 9.59 Å². The summed E-state index contributed by atoms with van der Waals surface area (Å²) in [6.07, 6.45) is 1.70. The second kappa shape index (κ2) is 6.17. The van der Waals surface area contributed by atoms with E-state index in [1.165, 1.54) is 36.0 Å². The fourth-order valence-electron chi connectivity index (χ4n) is 2.25. The second-order valence-corrected chi connectivity index (χ2v) is 6.04. The third-order valence-electron chi connectivity index (χ3n) is 3.32. The number of imide groups is 1. The van der Waals surface area contributed by atoms with Gasteiger partial charge in [0.15, 0.2) is 0 Å². The van der Waals surface area contributed by atoms with Gasteiger partial charge in [-0.25, -0.2) is 9.88 Å². The molecule has 1 aliphatic rings.